The summed E-state index contributed by atoms with van der Waals surface area (Å²) in [4.78, 5) is 3.72. The summed E-state index contributed by atoms with van der Waals surface area (Å²) in [5, 5.41) is 6.81. The highest BCUT2D eigenvalue weighted by atomic mass is 16.3. The molecule has 0 spiro atoms. The van der Waals surface area contributed by atoms with Crippen molar-refractivity contribution in [3.63, 3.8) is 0 Å². The van der Waals surface area contributed by atoms with Crippen LogP contribution >= 0.6 is 0 Å². The van der Waals surface area contributed by atoms with Crippen molar-refractivity contribution in [2.75, 3.05) is 0 Å². The second-order valence-electron chi connectivity index (χ2n) is 1.45. The fourth-order valence-corrected chi connectivity index (χ4v) is 0.525. The maximum atomic E-state index is 6.81. The van der Waals surface area contributed by atoms with Crippen LogP contribution in [0.3, 0.4) is 0 Å². The van der Waals surface area contributed by atoms with Gasteiger partial charge < -0.3 is 9.83 Å². The van der Waals surface area contributed by atoms with Crippen molar-refractivity contribution < 1.29 is 4.42 Å². The summed E-state index contributed by atoms with van der Waals surface area (Å²) >= 11 is 0. The number of hydrogen-bond acceptors (Lipinski definition) is 3. The van der Waals surface area contributed by atoms with E-state index in [4.69, 9.17) is 9.83 Å². The highest BCUT2D eigenvalue weighted by Crippen LogP contribution is 2.03. The highest BCUT2D eigenvalue weighted by molar-refractivity contribution is 5.78. The minimum Gasteiger partial charge on any atom is -0.443 e. The van der Waals surface area contributed by atoms with E-state index >= 15 is 0 Å². The molecule has 1 aromatic rings. The monoisotopic (exact) mass is 152 g/mol. The Kier molecular flexibility index (Phi) is 4.73. The Balaban J connectivity index is 0.000000461. The Morgan fingerprint density at radius 3 is 2.64 bits per heavy atom. The molecule has 1 N–H and O–H groups in total. The largest absolute Gasteiger partial charge is 0.443 e. The van der Waals surface area contributed by atoms with Crippen LogP contribution in [-0.4, -0.2) is 11.2 Å². The van der Waals surface area contributed by atoms with Gasteiger partial charge in [-0.1, -0.05) is 20.4 Å². The second-order valence-corrected chi connectivity index (χ2v) is 1.45. The van der Waals surface area contributed by atoms with Crippen molar-refractivity contribution in [2.45, 2.75) is 13.8 Å². The third kappa shape index (κ3) is 2.37. The van der Waals surface area contributed by atoms with Gasteiger partial charge in [0.2, 0.25) is 0 Å². The lowest BCUT2D eigenvalue weighted by atomic mass is 10.3. The number of nitrogens with zero attached hydrogens (tertiary/aromatic N) is 1. The van der Waals surface area contributed by atoms with Crippen LogP contribution in [0, 0.1) is 5.41 Å². The summed E-state index contributed by atoms with van der Waals surface area (Å²) in [5.41, 5.74) is 0.519. The molecular weight excluding hydrogens is 140 g/mol. The topological polar surface area (TPSA) is 49.9 Å². The van der Waals surface area contributed by atoms with Gasteiger partial charge in [0.1, 0.15) is 5.69 Å². The molecule has 3 nitrogen and oxygen atoms in total. The molecule has 3 heteroatoms. The molecule has 0 amide bonds. The van der Waals surface area contributed by atoms with Gasteiger partial charge in [0, 0.05) is 6.21 Å². The Morgan fingerprint density at radius 1 is 1.64 bits per heavy atom. The van der Waals surface area contributed by atoms with Crippen molar-refractivity contribution in [1.29, 1.82) is 5.41 Å². The average Bonchev–Trinajstić information content (AvgIpc) is 2.54. The van der Waals surface area contributed by atoms with Crippen LogP contribution in [0.25, 0.3) is 6.08 Å². The fraction of sp³-hybridized carbons (Fsp3) is 0.250. The summed E-state index contributed by atoms with van der Waals surface area (Å²) < 4.78 is 4.82. The SMILES string of the molecule is C=Cc1ocnc1C=N.CC. The van der Waals surface area contributed by atoms with Crippen LogP contribution in [0.4, 0.5) is 0 Å². The van der Waals surface area contributed by atoms with Gasteiger partial charge in [0.05, 0.1) is 0 Å². The van der Waals surface area contributed by atoms with Crippen molar-refractivity contribution in [3.05, 3.63) is 24.4 Å². The quantitative estimate of drug-likeness (QED) is 0.661. The number of nitrogens with one attached hydrogen (secondary N) is 1. The molecular formula is C8H12N2O. The summed E-state index contributed by atoms with van der Waals surface area (Å²) in [6.07, 6.45) is 3.94. The summed E-state index contributed by atoms with van der Waals surface area (Å²) in [6, 6.07) is 0. The standard InChI is InChI=1S/C6H6N2O.C2H6/c1-2-6-5(3-7)8-4-9-6;1-2/h2-4,7H,1H2;1-2H3. The van der Waals surface area contributed by atoms with Crippen LogP contribution in [0.2, 0.25) is 0 Å². The first-order chi connectivity index (χ1) is 5.38. The second kappa shape index (κ2) is 5.41. The van der Waals surface area contributed by atoms with E-state index in [1.165, 1.54) is 12.5 Å². The molecule has 0 bridgehead atoms. The first kappa shape index (κ1) is 9.62. The van der Waals surface area contributed by atoms with Crippen molar-refractivity contribution in [1.82, 2.24) is 4.98 Å². The molecule has 11 heavy (non-hydrogen) atoms. The molecule has 0 saturated heterocycles. The number of rotatable bonds is 2. The summed E-state index contributed by atoms with van der Waals surface area (Å²) in [5.74, 6) is 0.546. The molecule has 1 aromatic heterocycles. The molecule has 60 valence electrons. The van der Waals surface area contributed by atoms with Crippen molar-refractivity contribution in [3.8, 4) is 0 Å². The first-order valence-corrected chi connectivity index (χ1v) is 3.45. The van der Waals surface area contributed by atoms with Crippen LogP contribution in [0.15, 0.2) is 17.4 Å². The van der Waals surface area contributed by atoms with E-state index in [2.05, 4.69) is 11.6 Å². The van der Waals surface area contributed by atoms with E-state index in [1.807, 2.05) is 13.8 Å². The fourth-order valence-electron chi connectivity index (χ4n) is 0.525. The maximum Gasteiger partial charge on any atom is 0.182 e. The van der Waals surface area contributed by atoms with Crippen LogP contribution in [0.1, 0.15) is 25.3 Å². The maximum absolute atomic E-state index is 6.81. The van der Waals surface area contributed by atoms with E-state index in [0.29, 0.717) is 11.5 Å². The molecule has 1 heterocycles. The van der Waals surface area contributed by atoms with Crippen molar-refractivity contribution in [2.24, 2.45) is 0 Å². The Bertz CT molecular complexity index is 205. The van der Waals surface area contributed by atoms with Crippen LogP contribution < -0.4 is 0 Å². The summed E-state index contributed by atoms with van der Waals surface area (Å²) in [6.45, 7) is 7.47. The minimum absolute atomic E-state index is 0.519. The molecule has 0 aliphatic carbocycles. The molecule has 0 aliphatic rings. The Hall–Kier alpha value is -1.38. The Morgan fingerprint density at radius 2 is 2.27 bits per heavy atom. The molecule has 0 atom stereocenters. The van der Waals surface area contributed by atoms with E-state index in [9.17, 15) is 0 Å². The molecule has 0 radical (unpaired) electrons. The van der Waals surface area contributed by atoms with Gasteiger partial charge in [-0.25, -0.2) is 4.98 Å². The summed E-state index contributed by atoms with van der Waals surface area (Å²) in [7, 11) is 0. The zero-order valence-electron chi connectivity index (χ0n) is 6.79. The first-order valence-electron chi connectivity index (χ1n) is 3.45. The van der Waals surface area contributed by atoms with Gasteiger partial charge in [0.15, 0.2) is 12.2 Å². The lowest BCUT2D eigenvalue weighted by Crippen LogP contribution is -1.79. The van der Waals surface area contributed by atoms with Gasteiger partial charge in [-0.05, 0) is 6.08 Å². The van der Waals surface area contributed by atoms with E-state index in [-0.39, 0.29) is 0 Å². The van der Waals surface area contributed by atoms with Gasteiger partial charge in [-0.15, -0.1) is 0 Å². The number of aromatic nitrogens is 1. The molecule has 0 aliphatic heterocycles. The zero-order chi connectivity index (χ0) is 8.69. The average molecular weight is 152 g/mol. The van der Waals surface area contributed by atoms with Gasteiger partial charge in [0.25, 0.3) is 0 Å². The van der Waals surface area contributed by atoms with E-state index in [0.717, 1.165) is 6.21 Å². The molecule has 0 saturated carbocycles. The minimum atomic E-state index is 0.519. The third-order valence-electron chi connectivity index (χ3n) is 0.946. The number of hydrogen-bond donors (Lipinski definition) is 1. The van der Waals surface area contributed by atoms with Gasteiger partial charge in [-0.2, -0.15) is 0 Å². The van der Waals surface area contributed by atoms with Gasteiger partial charge >= 0.3 is 0 Å². The molecule has 0 fully saturated rings. The predicted octanol–water partition coefficient (Wildman–Crippen LogP) is 2.34. The third-order valence-corrected chi connectivity index (χ3v) is 0.946. The van der Waals surface area contributed by atoms with Crippen LogP contribution in [0.5, 0.6) is 0 Å². The zero-order valence-corrected chi connectivity index (χ0v) is 6.79. The lowest BCUT2D eigenvalue weighted by molar-refractivity contribution is 0.548. The van der Waals surface area contributed by atoms with E-state index in [1.54, 1.807) is 0 Å². The normalized spacial score (nSPS) is 7.82. The van der Waals surface area contributed by atoms with Crippen LogP contribution in [-0.2, 0) is 0 Å². The van der Waals surface area contributed by atoms with Gasteiger partial charge in [-0.3, -0.25) is 0 Å². The highest BCUT2D eigenvalue weighted by Gasteiger charge is 1.97. The van der Waals surface area contributed by atoms with Crippen molar-refractivity contribution >= 4 is 12.3 Å². The lowest BCUT2D eigenvalue weighted by Gasteiger charge is -1.80. The predicted molar refractivity (Wildman–Crippen MR) is 45.8 cm³/mol. The van der Waals surface area contributed by atoms with E-state index < -0.39 is 0 Å². The molecule has 0 aromatic carbocycles. The number of oxazole rings is 1. The molecule has 1 rings (SSSR count). The smallest absolute Gasteiger partial charge is 0.182 e. The Labute approximate surface area is 66.3 Å². The molecule has 0 unspecified atom stereocenters.